The monoisotopic (exact) mass is 372 g/mol. The van der Waals surface area contributed by atoms with Crippen molar-refractivity contribution in [1.29, 1.82) is 0 Å². The van der Waals surface area contributed by atoms with Crippen LogP contribution in [0, 0.1) is 11.8 Å². The average molecular weight is 373 g/mol. The molecule has 0 aromatic heterocycles. The molecule has 0 heterocycles. The minimum atomic E-state index is 0.168. The van der Waals surface area contributed by atoms with E-state index in [9.17, 15) is 5.11 Å². The standard InChI is InChI=1S/C22H46NO3/c1-21(2)11-7-5-9-17-25-19-14-23(13-16-24)15-20-26-18-10-6-8-12-22(3)4/h14,21-22,24H,5-13,15-20H2,1-4H3/q+1. The van der Waals surface area contributed by atoms with Crippen molar-refractivity contribution in [3.05, 3.63) is 0 Å². The quantitative estimate of drug-likeness (QED) is 0.206. The molecular weight excluding hydrogens is 326 g/mol. The fraction of sp³-hybridized carbons (Fsp3) is 0.955. The predicted octanol–water partition coefficient (Wildman–Crippen LogP) is 4.53. The molecule has 0 aliphatic rings. The highest BCUT2D eigenvalue weighted by Crippen LogP contribution is 2.08. The highest BCUT2D eigenvalue weighted by molar-refractivity contribution is 5.52. The smallest absolute Gasteiger partial charge is 0.165 e. The van der Waals surface area contributed by atoms with Crippen LogP contribution in [0.15, 0.2) is 0 Å². The van der Waals surface area contributed by atoms with Gasteiger partial charge in [-0.15, -0.1) is 0 Å². The van der Waals surface area contributed by atoms with Gasteiger partial charge in [-0.25, -0.2) is 4.58 Å². The van der Waals surface area contributed by atoms with E-state index in [1.165, 1.54) is 38.5 Å². The maximum Gasteiger partial charge on any atom is 0.165 e. The van der Waals surface area contributed by atoms with Crippen molar-refractivity contribution >= 4 is 6.21 Å². The van der Waals surface area contributed by atoms with Crippen molar-refractivity contribution in [2.45, 2.75) is 79.1 Å². The van der Waals surface area contributed by atoms with Crippen LogP contribution in [0.25, 0.3) is 0 Å². The first-order chi connectivity index (χ1) is 12.6. The van der Waals surface area contributed by atoms with Crippen LogP contribution in [0.3, 0.4) is 0 Å². The minimum Gasteiger partial charge on any atom is -0.390 e. The number of hydrogen-bond acceptors (Lipinski definition) is 3. The lowest BCUT2D eigenvalue weighted by molar-refractivity contribution is -0.529. The van der Waals surface area contributed by atoms with Crippen LogP contribution in [0.5, 0.6) is 0 Å². The summed E-state index contributed by atoms with van der Waals surface area (Å²) in [5.74, 6) is 1.61. The van der Waals surface area contributed by atoms with Crippen LogP contribution in [0.4, 0.5) is 0 Å². The number of hydrogen-bond donors (Lipinski definition) is 1. The van der Waals surface area contributed by atoms with E-state index in [2.05, 4.69) is 38.5 Å². The van der Waals surface area contributed by atoms with Crippen molar-refractivity contribution in [3.8, 4) is 0 Å². The van der Waals surface area contributed by atoms with Gasteiger partial charge in [0.25, 0.3) is 0 Å². The Balaban J connectivity index is 3.60. The number of rotatable bonds is 19. The van der Waals surface area contributed by atoms with Gasteiger partial charge in [0.15, 0.2) is 19.3 Å². The summed E-state index contributed by atoms with van der Waals surface area (Å²) in [6.45, 7) is 13.8. The molecule has 0 aliphatic heterocycles. The molecule has 0 aromatic rings. The van der Waals surface area contributed by atoms with Crippen LogP contribution in [-0.4, -0.2) is 62.0 Å². The average Bonchev–Trinajstić information content (AvgIpc) is 2.58. The topological polar surface area (TPSA) is 41.7 Å². The molecule has 4 heteroatoms. The van der Waals surface area contributed by atoms with E-state index < -0.39 is 0 Å². The highest BCUT2D eigenvalue weighted by atomic mass is 16.5. The molecule has 0 amide bonds. The lowest BCUT2D eigenvalue weighted by Gasteiger charge is -2.07. The third kappa shape index (κ3) is 19.9. The number of aliphatic hydroxyl groups excluding tert-OH is 1. The number of ether oxygens (including phenoxy) is 2. The third-order valence-electron chi connectivity index (χ3n) is 4.50. The fourth-order valence-electron chi connectivity index (χ4n) is 2.82. The Bertz CT molecular complexity index is 317. The van der Waals surface area contributed by atoms with Gasteiger partial charge >= 0.3 is 0 Å². The molecular formula is C22H46NO3+. The maximum absolute atomic E-state index is 9.18. The highest BCUT2D eigenvalue weighted by Gasteiger charge is 2.03. The van der Waals surface area contributed by atoms with Crippen molar-refractivity contribution in [2.75, 3.05) is 46.1 Å². The lowest BCUT2D eigenvalue weighted by Crippen LogP contribution is -2.24. The van der Waals surface area contributed by atoms with E-state index in [4.69, 9.17) is 9.47 Å². The van der Waals surface area contributed by atoms with Crippen LogP contribution in [-0.2, 0) is 9.47 Å². The van der Waals surface area contributed by atoms with Crippen molar-refractivity contribution in [2.24, 2.45) is 11.8 Å². The SMILES string of the molecule is CC(C)CCCCCOCC=[N+](CCO)CCOCCCCCC(C)C. The Morgan fingerprint density at radius 1 is 0.731 bits per heavy atom. The van der Waals surface area contributed by atoms with Gasteiger partial charge < -0.3 is 14.6 Å². The van der Waals surface area contributed by atoms with E-state index in [0.29, 0.717) is 13.2 Å². The first kappa shape index (κ1) is 25.6. The van der Waals surface area contributed by atoms with E-state index in [-0.39, 0.29) is 6.61 Å². The molecule has 0 aromatic carbocycles. The van der Waals surface area contributed by atoms with Gasteiger partial charge in [-0.05, 0) is 24.7 Å². The van der Waals surface area contributed by atoms with Gasteiger partial charge in [0, 0.05) is 13.2 Å². The molecule has 0 radical (unpaired) electrons. The molecule has 0 saturated heterocycles. The molecule has 0 unspecified atom stereocenters. The molecule has 0 atom stereocenters. The van der Waals surface area contributed by atoms with Crippen molar-refractivity contribution < 1.29 is 19.2 Å². The number of unbranched alkanes of at least 4 members (excludes halogenated alkanes) is 4. The molecule has 0 fully saturated rings. The molecule has 0 rings (SSSR count). The molecule has 0 spiro atoms. The van der Waals surface area contributed by atoms with Crippen LogP contribution in [0.1, 0.15) is 79.1 Å². The Morgan fingerprint density at radius 3 is 1.85 bits per heavy atom. The largest absolute Gasteiger partial charge is 0.390 e. The van der Waals surface area contributed by atoms with Crippen LogP contribution in [0.2, 0.25) is 0 Å². The predicted molar refractivity (Wildman–Crippen MR) is 111 cm³/mol. The Morgan fingerprint density at radius 2 is 1.31 bits per heavy atom. The zero-order valence-corrected chi connectivity index (χ0v) is 18.0. The van der Waals surface area contributed by atoms with E-state index in [1.54, 1.807) is 0 Å². The van der Waals surface area contributed by atoms with Gasteiger partial charge in [0.1, 0.15) is 19.8 Å². The van der Waals surface area contributed by atoms with E-state index in [1.807, 2.05) is 0 Å². The summed E-state index contributed by atoms with van der Waals surface area (Å²) in [4.78, 5) is 0. The van der Waals surface area contributed by atoms with Crippen LogP contribution >= 0.6 is 0 Å². The van der Waals surface area contributed by atoms with E-state index in [0.717, 1.165) is 51.0 Å². The normalized spacial score (nSPS) is 12.5. The summed E-state index contributed by atoms with van der Waals surface area (Å²) < 4.78 is 13.5. The second-order valence-corrected chi connectivity index (χ2v) is 8.12. The molecule has 0 aliphatic carbocycles. The Hall–Kier alpha value is -0.450. The molecule has 156 valence electrons. The van der Waals surface area contributed by atoms with Gasteiger partial charge in [-0.3, -0.25) is 0 Å². The second kappa shape index (κ2) is 19.3. The zero-order chi connectivity index (χ0) is 19.5. The van der Waals surface area contributed by atoms with Gasteiger partial charge in [-0.1, -0.05) is 66.2 Å². The molecule has 1 N–H and O–H groups in total. The van der Waals surface area contributed by atoms with Crippen molar-refractivity contribution in [3.63, 3.8) is 0 Å². The van der Waals surface area contributed by atoms with Crippen LogP contribution < -0.4 is 0 Å². The maximum atomic E-state index is 9.18. The molecule has 0 saturated carbocycles. The summed E-state index contributed by atoms with van der Waals surface area (Å²) in [7, 11) is 0. The Kier molecular flexibility index (Phi) is 19.0. The first-order valence-electron chi connectivity index (χ1n) is 10.9. The van der Waals surface area contributed by atoms with E-state index >= 15 is 0 Å². The zero-order valence-electron chi connectivity index (χ0n) is 18.0. The van der Waals surface area contributed by atoms with Gasteiger partial charge in [0.2, 0.25) is 0 Å². The van der Waals surface area contributed by atoms with Gasteiger partial charge in [0.05, 0.1) is 0 Å². The Labute approximate surface area is 163 Å². The summed E-state index contributed by atoms with van der Waals surface area (Å²) in [5, 5.41) is 9.18. The summed E-state index contributed by atoms with van der Waals surface area (Å²) in [5.41, 5.74) is 0. The third-order valence-corrected chi connectivity index (χ3v) is 4.50. The minimum absolute atomic E-state index is 0.168. The fourth-order valence-corrected chi connectivity index (χ4v) is 2.82. The summed E-state index contributed by atoms with van der Waals surface area (Å²) in [6.07, 6.45) is 12.1. The van der Waals surface area contributed by atoms with Crippen molar-refractivity contribution in [1.82, 2.24) is 0 Å². The molecule has 4 nitrogen and oxygen atoms in total. The molecule has 0 bridgehead atoms. The second-order valence-electron chi connectivity index (χ2n) is 8.12. The number of nitrogens with zero attached hydrogens (tertiary/aromatic N) is 1. The lowest BCUT2D eigenvalue weighted by atomic mass is 10.1. The molecule has 26 heavy (non-hydrogen) atoms. The number of aliphatic hydroxyl groups is 1. The summed E-state index contributed by atoms with van der Waals surface area (Å²) in [6, 6.07) is 0. The summed E-state index contributed by atoms with van der Waals surface area (Å²) >= 11 is 0. The van der Waals surface area contributed by atoms with Gasteiger partial charge in [-0.2, -0.15) is 0 Å². The first-order valence-corrected chi connectivity index (χ1v) is 10.9.